The summed E-state index contributed by atoms with van der Waals surface area (Å²) in [6.07, 6.45) is 0. The Morgan fingerprint density at radius 1 is 1.21 bits per heavy atom. The number of esters is 1. The SMILES string of the molecule is CC(C)NC(=O)COC(=O)[C@@H](C)S(=O)(=O)c1ccc([N+](=O)[O-])cc1. The highest BCUT2D eigenvalue weighted by molar-refractivity contribution is 7.92. The second-order valence-electron chi connectivity index (χ2n) is 5.27. The standard InChI is InChI=1S/C14H18N2O7S/c1-9(2)15-13(17)8-23-14(18)10(3)24(21,22)12-6-4-11(5-7-12)16(19)20/h4-7,9-10H,8H2,1-3H3,(H,15,17)/t10-/m1/s1. The van der Waals surface area contributed by atoms with Crippen molar-refractivity contribution < 1.29 is 27.7 Å². The Labute approximate surface area is 139 Å². The molecule has 0 aromatic heterocycles. The molecule has 0 aliphatic carbocycles. The number of non-ortho nitro benzene ring substituents is 1. The second-order valence-corrected chi connectivity index (χ2v) is 7.54. The number of ether oxygens (including phenoxy) is 1. The summed E-state index contributed by atoms with van der Waals surface area (Å²) in [6, 6.07) is 4.01. The smallest absolute Gasteiger partial charge is 0.324 e. The Bertz CT molecular complexity index is 726. The molecule has 9 nitrogen and oxygen atoms in total. The van der Waals surface area contributed by atoms with Crippen molar-refractivity contribution >= 4 is 27.4 Å². The molecule has 1 N–H and O–H groups in total. The zero-order valence-corrected chi connectivity index (χ0v) is 14.2. The number of carbonyl (C=O) groups is 2. The van der Waals surface area contributed by atoms with Gasteiger partial charge in [0.2, 0.25) is 0 Å². The van der Waals surface area contributed by atoms with Gasteiger partial charge in [0.25, 0.3) is 11.6 Å². The first kappa shape index (κ1) is 19.6. The fourth-order valence-corrected chi connectivity index (χ4v) is 2.95. The monoisotopic (exact) mass is 358 g/mol. The number of hydrogen-bond acceptors (Lipinski definition) is 7. The molecule has 0 aliphatic rings. The van der Waals surface area contributed by atoms with E-state index in [1.165, 1.54) is 0 Å². The molecule has 1 aromatic rings. The van der Waals surface area contributed by atoms with Crippen LogP contribution < -0.4 is 5.32 Å². The normalized spacial score (nSPS) is 12.5. The van der Waals surface area contributed by atoms with Crippen molar-refractivity contribution in [1.29, 1.82) is 0 Å². The predicted octanol–water partition coefficient (Wildman–Crippen LogP) is 0.825. The van der Waals surface area contributed by atoms with Gasteiger partial charge in [-0.25, -0.2) is 8.42 Å². The van der Waals surface area contributed by atoms with Gasteiger partial charge in [-0.15, -0.1) is 0 Å². The second kappa shape index (κ2) is 7.86. The van der Waals surface area contributed by atoms with E-state index < -0.39 is 38.5 Å². The number of hydrogen-bond donors (Lipinski definition) is 1. The van der Waals surface area contributed by atoms with Crippen molar-refractivity contribution in [1.82, 2.24) is 5.32 Å². The summed E-state index contributed by atoms with van der Waals surface area (Å²) < 4.78 is 29.3. The van der Waals surface area contributed by atoms with Crippen LogP contribution in [0.3, 0.4) is 0 Å². The van der Waals surface area contributed by atoms with E-state index in [0.717, 1.165) is 31.2 Å². The lowest BCUT2D eigenvalue weighted by Crippen LogP contribution is -2.36. The summed E-state index contributed by atoms with van der Waals surface area (Å²) in [5.41, 5.74) is -0.269. The van der Waals surface area contributed by atoms with Gasteiger partial charge in [-0.1, -0.05) is 0 Å². The molecule has 0 unspecified atom stereocenters. The molecule has 1 aromatic carbocycles. The van der Waals surface area contributed by atoms with Crippen molar-refractivity contribution in [3.05, 3.63) is 34.4 Å². The molecule has 0 aliphatic heterocycles. The molecule has 0 saturated heterocycles. The minimum atomic E-state index is -4.08. The molecule has 24 heavy (non-hydrogen) atoms. The average Bonchev–Trinajstić information content (AvgIpc) is 2.51. The van der Waals surface area contributed by atoms with Crippen LogP contribution >= 0.6 is 0 Å². The summed E-state index contributed by atoms with van der Waals surface area (Å²) in [5, 5.41) is 11.5. The number of nitrogens with one attached hydrogen (secondary N) is 1. The maximum atomic E-state index is 12.3. The van der Waals surface area contributed by atoms with Gasteiger partial charge in [0.1, 0.15) is 0 Å². The first-order valence-corrected chi connectivity index (χ1v) is 8.54. The zero-order valence-electron chi connectivity index (χ0n) is 13.4. The quantitative estimate of drug-likeness (QED) is 0.433. The largest absolute Gasteiger partial charge is 0.455 e. The molecule has 0 fully saturated rings. The summed E-state index contributed by atoms with van der Waals surface area (Å²) in [7, 11) is -4.08. The molecule has 0 heterocycles. The molecule has 0 bridgehead atoms. The summed E-state index contributed by atoms with van der Waals surface area (Å²) in [5.74, 6) is -1.62. The van der Waals surface area contributed by atoms with Gasteiger partial charge in [0.05, 0.1) is 9.82 Å². The van der Waals surface area contributed by atoms with Crippen molar-refractivity contribution in [2.45, 2.75) is 37.0 Å². The van der Waals surface area contributed by atoms with Crippen molar-refractivity contribution in [2.75, 3.05) is 6.61 Å². The highest BCUT2D eigenvalue weighted by Gasteiger charge is 2.31. The fraction of sp³-hybridized carbons (Fsp3) is 0.429. The number of nitro groups is 1. The molecule has 0 saturated carbocycles. The minimum absolute atomic E-state index is 0.141. The van der Waals surface area contributed by atoms with E-state index in [9.17, 15) is 28.1 Å². The highest BCUT2D eigenvalue weighted by atomic mass is 32.2. The zero-order chi connectivity index (χ0) is 18.5. The maximum Gasteiger partial charge on any atom is 0.324 e. The van der Waals surface area contributed by atoms with Gasteiger partial charge in [-0.2, -0.15) is 0 Å². The van der Waals surface area contributed by atoms with Gasteiger partial charge in [-0.3, -0.25) is 19.7 Å². The van der Waals surface area contributed by atoms with Crippen LogP contribution in [0.2, 0.25) is 0 Å². The Morgan fingerprint density at radius 3 is 2.21 bits per heavy atom. The van der Waals surface area contributed by atoms with E-state index in [2.05, 4.69) is 5.32 Å². The van der Waals surface area contributed by atoms with Crippen LogP contribution in [-0.4, -0.2) is 43.1 Å². The lowest BCUT2D eigenvalue weighted by Gasteiger charge is -2.13. The van der Waals surface area contributed by atoms with Crippen molar-refractivity contribution in [3.8, 4) is 0 Å². The summed E-state index contributed by atoms with van der Waals surface area (Å²) in [6.45, 7) is 3.99. The third-order valence-corrected chi connectivity index (χ3v) is 5.02. The number of amides is 1. The molecule has 0 spiro atoms. The molecule has 1 rings (SSSR count). The van der Waals surface area contributed by atoms with Crippen molar-refractivity contribution in [3.63, 3.8) is 0 Å². The third kappa shape index (κ3) is 5.01. The molecular formula is C14H18N2O7S. The van der Waals surface area contributed by atoms with Gasteiger partial charge in [-0.05, 0) is 32.9 Å². The molecule has 1 atom stereocenters. The van der Waals surface area contributed by atoms with Crippen LogP contribution in [0, 0.1) is 10.1 Å². The Hall–Kier alpha value is -2.49. The maximum absolute atomic E-state index is 12.3. The van der Waals surface area contributed by atoms with E-state index in [4.69, 9.17) is 4.74 Å². The van der Waals surface area contributed by atoms with E-state index in [0.29, 0.717) is 0 Å². The molecular weight excluding hydrogens is 340 g/mol. The van der Waals surface area contributed by atoms with Gasteiger partial charge in [0, 0.05) is 18.2 Å². The first-order valence-electron chi connectivity index (χ1n) is 7.00. The van der Waals surface area contributed by atoms with E-state index in [1.807, 2.05) is 0 Å². The minimum Gasteiger partial charge on any atom is -0.455 e. The van der Waals surface area contributed by atoms with Crippen LogP contribution in [0.15, 0.2) is 29.2 Å². The summed E-state index contributed by atoms with van der Waals surface area (Å²) >= 11 is 0. The van der Waals surface area contributed by atoms with Crippen molar-refractivity contribution in [2.24, 2.45) is 0 Å². The third-order valence-electron chi connectivity index (χ3n) is 2.97. The number of carbonyl (C=O) groups excluding carboxylic acids is 2. The van der Waals surface area contributed by atoms with Crippen LogP contribution in [0.4, 0.5) is 5.69 Å². The molecule has 10 heteroatoms. The van der Waals surface area contributed by atoms with Crippen LogP contribution in [0.25, 0.3) is 0 Å². The Balaban J connectivity index is 2.80. The van der Waals surface area contributed by atoms with Crippen LogP contribution in [0.5, 0.6) is 0 Å². The Morgan fingerprint density at radius 2 is 1.75 bits per heavy atom. The molecule has 1 amide bonds. The van der Waals surface area contributed by atoms with Gasteiger partial charge in [0.15, 0.2) is 21.7 Å². The van der Waals surface area contributed by atoms with Gasteiger partial charge < -0.3 is 10.1 Å². The number of sulfone groups is 1. The molecule has 132 valence electrons. The van der Waals surface area contributed by atoms with Crippen LogP contribution in [0.1, 0.15) is 20.8 Å². The number of rotatable bonds is 7. The van der Waals surface area contributed by atoms with Gasteiger partial charge >= 0.3 is 5.97 Å². The Kier molecular flexibility index (Phi) is 6.41. The number of benzene rings is 1. The van der Waals surface area contributed by atoms with Crippen LogP contribution in [-0.2, 0) is 24.2 Å². The number of nitro benzene ring substituents is 1. The average molecular weight is 358 g/mol. The van der Waals surface area contributed by atoms with E-state index in [1.54, 1.807) is 13.8 Å². The lowest BCUT2D eigenvalue weighted by molar-refractivity contribution is -0.384. The number of nitrogens with zero attached hydrogens (tertiary/aromatic N) is 1. The topological polar surface area (TPSA) is 133 Å². The lowest BCUT2D eigenvalue weighted by atomic mass is 10.3. The summed E-state index contributed by atoms with van der Waals surface area (Å²) in [4.78, 5) is 32.9. The van der Waals surface area contributed by atoms with E-state index in [-0.39, 0.29) is 16.6 Å². The first-order chi connectivity index (χ1) is 11.1. The molecule has 0 radical (unpaired) electrons. The fourth-order valence-electron chi connectivity index (χ4n) is 1.71. The highest BCUT2D eigenvalue weighted by Crippen LogP contribution is 2.20. The predicted molar refractivity (Wildman–Crippen MR) is 84.0 cm³/mol. The van der Waals surface area contributed by atoms with E-state index >= 15 is 0 Å².